The molecule has 1 aromatic heterocycles. The Balaban J connectivity index is 2.11. The summed E-state index contributed by atoms with van der Waals surface area (Å²) < 4.78 is 0. The Labute approximate surface area is 148 Å². The summed E-state index contributed by atoms with van der Waals surface area (Å²) in [6.45, 7) is 9.91. The van der Waals surface area contributed by atoms with Gasteiger partial charge >= 0.3 is 0 Å². The highest BCUT2D eigenvalue weighted by Gasteiger charge is 2.17. The third kappa shape index (κ3) is 5.41. The molecule has 0 bridgehead atoms. The van der Waals surface area contributed by atoms with Crippen molar-refractivity contribution < 1.29 is 9.59 Å². The molecule has 0 radical (unpaired) electrons. The Morgan fingerprint density at radius 1 is 0.920 bits per heavy atom. The van der Waals surface area contributed by atoms with E-state index in [1.807, 2.05) is 45.0 Å². The van der Waals surface area contributed by atoms with E-state index in [4.69, 9.17) is 0 Å². The Morgan fingerprint density at radius 2 is 1.48 bits per heavy atom. The molecule has 0 aliphatic carbocycles. The summed E-state index contributed by atoms with van der Waals surface area (Å²) in [7, 11) is 0. The molecule has 2 rings (SSSR count). The van der Waals surface area contributed by atoms with E-state index < -0.39 is 0 Å². The molecule has 5 nitrogen and oxygen atoms in total. The van der Waals surface area contributed by atoms with Crippen molar-refractivity contribution in [1.82, 2.24) is 10.3 Å². The van der Waals surface area contributed by atoms with Gasteiger partial charge in [-0.2, -0.15) is 0 Å². The zero-order valence-corrected chi connectivity index (χ0v) is 15.4. The maximum absolute atomic E-state index is 12.4. The van der Waals surface area contributed by atoms with Crippen LogP contribution in [0.3, 0.4) is 0 Å². The molecule has 25 heavy (non-hydrogen) atoms. The van der Waals surface area contributed by atoms with E-state index >= 15 is 0 Å². The van der Waals surface area contributed by atoms with Crippen molar-refractivity contribution in [3.05, 3.63) is 59.4 Å². The predicted molar refractivity (Wildman–Crippen MR) is 99.9 cm³/mol. The highest BCUT2D eigenvalue weighted by atomic mass is 16.2. The molecule has 0 aliphatic heterocycles. The minimum atomic E-state index is -0.366. The summed E-state index contributed by atoms with van der Waals surface area (Å²) in [5.74, 6) is -0.212. The van der Waals surface area contributed by atoms with E-state index in [0.717, 1.165) is 0 Å². The van der Waals surface area contributed by atoms with Gasteiger partial charge in [0.2, 0.25) is 0 Å². The second kappa shape index (κ2) is 7.47. The number of rotatable bonds is 4. The maximum Gasteiger partial charge on any atom is 0.274 e. The summed E-state index contributed by atoms with van der Waals surface area (Å²) in [4.78, 5) is 28.8. The molecule has 0 saturated carbocycles. The van der Waals surface area contributed by atoms with Gasteiger partial charge in [-0.1, -0.05) is 32.0 Å². The number of amides is 2. The first-order chi connectivity index (χ1) is 11.7. The maximum atomic E-state index is 12.4. The van der Waals surface area contributed by atoms with E-state index in [1.54, 1.807) is 18.2 Å². The average Bonchev–Trinajstić information content (AvgIpc) is 2.54. The number of nitrogens with one attached hydrogen (secondary N) is 2. The van der Waals surface area contributed by atoms with Crippen LogP contribution in [0.25, 0.3) is 0 Å². The summed E-state index contributed by atoms with van der Waals surface area (Å²) in [6, 6.07) is 12.5. The first-order valence-corrected chi connectivity index (χ1v) is 8.36. The molecule has 132 valence electrons. The molecule has 2 amide bonds. The molecule has 1 heterocycles. The first kappa shape index (κ1) is 18.6. The number of hydrogen-bond acceptors (Lipinski definition) is 3. The van der Waals surface area contributed by atoms with Gasteiger partial charge in [-0.15, -0.1) is 0 Å². The third-order valence-corrected chi connectivity index (χ3v) is 3.54. The molecule has 2 aromatic rings. The lowest BCUT2D eigenvalue weighted by molar-refractivity contribution is 0.0914. The lowest BCUT2D eigenvalue weighted by atomic mass is 10.0. The van der Waals surface area contributed by atoms with Crippen LogP contribution in [-0.2, 0) is 0 Å². The number of carbonyl (C=O) groups is 2. The van der Waals surface area contributed by atoms with E-state index in [9.17, 15) is 9.59 Å². The van der Waals surface area contributed by atoms with Gasteiger partial charge in [-0.25, -0.2) is 4.98 Å². The number of aromatic nitrogens is 1. The van der Waals surface area contributed by atoms with Crippen molar-refractivity contribution in [2.75, 3.05) is 5.32 Å². The number of carbonyl (C=O) groups excluding carboxylic acids is 2. The monoisotopic (exact) mass is 339 g/mol. The van der Waals surface area contributed by atoms with Crippen molar-refractivity contribution in [3.63, 3.8) is 0 Å². The van der Waals surface area contributed by atoms with Crippen molar-refractivity contribution in [2.24, 2.45) is 0 Å². The van der Waals surface area contributed by atoms with Crippen molar-refractivity contribution in [3.8, 4) is 0 Å². The summed E-state index contributed by atoms with van der Waals surface area (Å²) in [5, 5.41) is 5.64. The van der Waals surface area contributed by atoms with Crippen LogP contribution in [0.15, 0.2) is 42.5 Å². The van der Waals surface area contributed by atoms with Gasteiger partial charge in [0.25, 0.3) is 11.8 Å². The van der Waals surface area contributed by atoms with Gasteiger partial charge in [0.1, 0.15) is 11.4 Å². The van der Waals surface area contributed by atoms with Crippen molar-refractivity contribution in [1.29, 1.82) is 0 Å². The van der Waals surface area contributed by atoms with E-state index in [-0.39, 0.29) is 28.7 Å². The molecule has 1 aromatic carbocycles. The minimum Gasteiger partial charge on any atom is -0.346 e. The molecule has 0 fully saturated rings. The van der Waals surface area contributed by atoms with Gasteiger partial charge in [-0.3, -0.25) is 9.59 Å². The third-order valence-electron chi connectivity index (χ3n) is 3.54. The van der Waals surface area contributed by atoms with Gasteiger partial charge in [-0.05, 0) is 56.5 Å². The predicted octanol–water partition coefficient (Wildman–Crippen LogP) is 3.99. The fourth-order valence-corrected chi connectivity index (χ4v) is 2.24. The van der Waals surface area contributed by atoms with E-state index in [2.05, 4.69) is 29.5 Å². The number of benzene rings is 1. The minimum absolute atomic E-state index is 0.203. The second-order valence-corrected chi connectivity index (χ2v) is 7.34. The number of pyridine rings is 1. The summed E-state index contributed by atoms with van der Waals surface area (Å²) >= 11 is 0. The molecular weight excluding hydrogens is 314 g/mol. The van der Waals surface area contributed by atoms with Gasteiger partial charge in [0, 0.05) is 11.2 Å². The standard InChI is InChI=1S/C20H25N3O2/c1-13(2)14-9-11-15(12-10-14)21-18(24)16-7-6-8-17(22-16)19(25)23-20(3,4)5/h6-13H,1-5H3,(H,21,24)(H,23,25). The molecular formula is C20H25N3O2. The van der Waals surface area contributed by atoms with Gasteiger partial charge in [0.05, 0.1) is 0 Å². The highest BCUT2D eigenvalue weighted by molar-refractivity contribution is 6.03. The molecule has 0 saturated heterocycles. The Hall–Kier alpha value is -2.69. The molecule has 5 heteroatoms. The van der Waals surface area contributed by atoms with E-state index in [0.29, 0.717) is 11.6 Å². The zero-order chi connectivity index (χ0) is 18.6. The van der Waals surface area contributed by atoms with Crippen LogP contribution < -0.4 is 10.6 Å². The summed E-state index contributed by atoms with van der Waals surface area (Å²) in [5.41, 5.74) is 1.96. The molecule has 0 atom stereocenters. The fraction of sp³-hybridized carbons (Fsp3) is 0.350. The fourth-order valence-electron chi connectivity index (χ4n) is 2.24. The Morgan fingerprint density at radius 3 is 2.00 bits per heavy atom. The molecule has 0 unspecified atom stereocenters. The molecule has 2 N–H and O–H groups in total. The quantitative estimate of drug-likeness (QED) is 0.885. The van der Waals surface area contributed by atoms with Gasteiger partial charge in [0.15, 0.2) is 0 Å². The first-order valence-electron chi connectivity index (χ1n) is 8.36. The molecule has 0 aliphatic rings. The zero-order valence-electron chi connectivity index (χ0n) is 15.4. The second-order valence-electron chi connectivity index (χ2n) is 7.34. The van der Waals surface area contributed by atoms with Crippen LogP contribution >= 0.6 is 0 Å². The smallest absolute Gasteiger partial charge is 0.274 e. The number of anilines is 1. The lowest BCUT2D eigenvalue weighted by Crippen LogP contribution is -2.41. The largest absolute Gasteiger partial charge is 0.346 e. The van der Waals surface area contributed by atoms with Crippen molar-refractivity contribution >= 4 is 17.5 Å². The highest BCUT2D eigenvalue weighted by Crippen LogP contribution is 2.17. The number of hydrogen-bond donors (Lipinski definition) is 2. The van der Waals surface area contributed by atoms with Crippen LogP contribution in [0.1, 0.15) is 67.1 Å². The average molecular weight is 339 g/mol. The van der Waals surface area contributed by atoms with Crippen LogP contribution in [-0.4, -0.2) is 22.3 Å². The number of nitrogens with zero attached hydrogens (tertiary/aromatic N) is 1. The topological polar surface area (TPSA) is 71.1 Å². The van der Waals surface area contributed by atoms with Crippen LogP contribution in [0, 0.1) is 0 Å². The SMILES string of the molecule is CC(C)c1ccc(NC(=O)c2cccc(C(=O)NC(C)(C)C)n2)cc1. The van der Waals surface area contributed by atoms with Crippen LogP contribution in [0.2, 0.25) is 0 Å². The normalized spacial score (nSPS) is 11.3. The Kier molecular flexibility index (Phi) is 5.57. The lowest BCUT2D eigenvalue weighted by Gasteiger charge is -2.20. The van der Waals surface area contributed by atoms with Crippen molar-refractivity contribution in [2.45, 2.75) is 46.1 Å². The van der Waals surface area contributed by atoms with Gasteiger partial charge < -0.3 is 10.6 Å². The van der Waals surface area contributed by atoms with E-state index in [1.165, 1.54) is 5.56 Å². The van der Waals surface area contributed by atoms with Crippen LogP contribution in [0.4, 0.5) is 5.69 Å². The molecule has 0 spiro atoms. The summed E-state index contributed by atoms with van der Waals surface area (Å²) in [6.07, 6.45) is 0. The van der Waals surface area contributed by atoms with Crippen LogP contribution in [0.5, 0.6) is 0 Å². The Bertz CT molecular complexity index is 759.